The second-order valence-corrected chi connectivity index (χ2v) is 8.68. The lowest BCUT2D eigenvalue weighted by atomic mass is 10.1. The lowest BCUT2D eigenvalue weighted by Gasteiger charge is -2.14. The molecular formula is C24H23ClN4O4S. The van der Waals surface area contributed by atoms with Gasteiger partial charge in [0, 0.05) is 5.92 Å². The number of para-hydroxylation sites is 1. The highest BCUT2D eigenvalue weighted by atomic mass is 35.5. The number of hydrogen-bond acceptors (Lipinski definition) is 8. The molecule has 0 radical (unpaired) electrons. The maximum atomic E-state index is 12.6. The molecule has 0 saturated heterocycles. The number of rotatable bonds is 10. The average molecular weight is 499 g/mol. The van der Waals surface area contributed by atoms with Gasteiger partial charge in [0.25, 0.3) is 5.91 Å². The van der Waals surface area contributed by atoms with E-state index in [4.69, 9.17) is 25.8 Å². The van der Waals surface area contributed by atoms with Crippen LogP contribution in [-0.2, 0) is 4.79 Å². The number of ether oxygens (including phenoxy) is 3. The van der Waals surface area contributed by atoms with Gasteiger partial charge in [-0.1, -0.05) is 55.0 Å². The summed E-state index contributed by atoms with van der Waals surface area (Å²) in [6.45, 7) is 4.52. The average Bonchev–Trinajstić information content (AvgIpc) is 3.30. The van der Waals surface area contributed by atoms with Crippen LogP contribution in [-0.4, -0.2) is 36.4 Å². The Bertz CT molecular complexity index is 1210. The van der Waals surface area contributed by atoms with Gasteiger partial charge in [-0.2, -0.15) is 5.26 Å². The Kier molecular flexibility index (Phi) is 8.85. The molecule has 0 saturated carbocycles. The number of nitriles is 1. The molecule has 0 atom stereocenters. The molecule has 176 valence electrons. The first-order valence-electron chi connectivity index (χ1n) is 10.4. The summed E-state index contributed by atoms with van der Waals surface area (Å²) < 4.78 is 16.8. The van der Waals surface area contributed by atoms with Gasteiger partial charge >= 0.3 is 0 Å². The smallest absolute Gasteiger partial charge is 0.268 e. The zero-order valence-electron chi connectivity index (χ0n) is 18.9. The maximum Gasteiger partial charge on any atom is 0.268 e. The first kappa shape index (κ1) is 25.0. The third kappa shape index (κ3) is 6.70. The SMILES string of the molecule is COc1cc(/C=C(/C#N)C(=O)Nc2nnc(C(C)C)s2)cc(Cl)c1OCCOc1ccccc1. The predicted molar refractivity (Wildman–Crippen MR) is 132 cm³/mol. The molecule has 0 aliphatic carbocycles. The summed E-state index contributed by atoms with van der Waals surface area (Å²) in [5.41, 5.74) is 0.380. The van der Waals surface area contributed by atoms with Crippen LogP contribution in [0.4, 0.5) is 5.13 Å². The van der Waals surface area contributed by atoms with Crippen LogP contribution in [0.15, 0.2) is 48.0 Å². The molecule has 0 bridgehead atoms. The summed E-state index contributed by atoms with van der Waals surface area (Å²) in [6.07, 6.45) is 1.41. The van der Waals surface area contributed by atoms with Crippen molar-refractivity contribution in [1.29, 1.82) is 5.26 Å². The Morgan fingerprint density at radius 3 is 2.59 bits per heavy atom. The third-order valence-corrected chi connectivity index (χ3v) is 5.84. The monoisotopic (exact) mass is 498 g/mol. The van der Waals surface area contributed by atoms with Gasteiger partial charge in [-0.25, -0.2) is 0 Å². The van der Waals surface area contributed by atoms with Crippen LogP contribution in [0.25, 0.3) is 6.08 Å². The van der Waals surface area contributed by atoms with Crippen molar-refractivity contribution < 1.29 is 19.0 Å². The zero-order valence-corrected chi connectivity index (χ0v) is 20.4. The molecule has 1 heterocycles. The fraction of sp³-hybridized carbons (Fsp3) is 0.250. The van der Waals surface area contributed by atoms with E-state index in [0.29, 0.717) is 28.8 Å². The van der Waals surface area contributed by atoms with Crippen LogP contribution < -0.4 is 19.5 Å². The topological polar surface area (TPSA) is 106 Å². The van der Waals surface area contributed by atoms with Crippen LogP contribution in [0.2, 0.25) is 5.02 Å². The summed E-state index contributed by atoms with van der Waals surface area (Å²) >= 11 is 7.67. The van der Waals surface area contributed by atoms with E-state index >= 15 is 0 Å². The van der Waals surface area contributed by atoms with Crippen LogP contribution in [0.5, 0.6) is 17.2 Å². The second-order valence-electron chi connectivity index (χ2n) is 7.27. The van der Waals surface area contributed by atoms with Crippen molar-refractivity contribution >= 4 is 40.1 Å². The van der Waals surface area contributed by atoms with Crippen molar-refractivity contribution in [2.24, 2.45) is 0 Å². The highest BCUT2D eigenvalue weighted by Gasteiger charge is 2.16. The number of anilines is 1. The molecule has 8 nitrogen and oxygen atoms in total. The number of aromatic nitrogens is 2. The number of nitrogens with zero attached hydrogens (tertiary/aromatic N) is 3. The van der Waals surface area contributed by atoms with Crippen molar-refractivity contribution in [3.63, 3.8) is 0 Å². The Morgan fingerprint density at radius 1 is 1.21 bits per heavy atom. The van der Waals surface area contributed by atoms with Gasteiger partial charge in [0.2, 0.25) is 5.13 Å². The fourth-order valence-electron chi connectivity index (χ4n) is 2.78. The summed E-state index contributed by atoms with van der Waals surface area (Å²) in [6, 6.07) is 14.5. The van der Waals surface area contributed by atoms with E-state index in [9.17, 15) is 10.1 Å². The van der Waals surface area contributed by atoms with Gasteiger partial charge in [-0.15, -0.1) is 10.2 Å². The highest BCUT2D eigenvalue weighted by molar-refractivity contribution is 7.15. The quantitative estimate of drug-likeness (QED) is 0.229. The normalized spacial score (nSPS) is 11.1. The van der Waals surface area contributed by atoms with E-state index in [1.807, 2.05) is 50.2 Å². The molecular weight excluding hydrogens is 476 g/mol. The summed E-state index contributed by atoms with van der Waals surface area (Å²) in [4.78, 5) is 12.6. The largest absolute Gasteiger partial charge is 0.493 e. The van der Waals surface area contributed by atoms with Gasteiger partial charge in [-0.3, -0.25) is 10.1 Å². The molecule has 0 spiro atoms. The summed E-state index contributed by atoms with van der Waals surface area (Å²) in [5.74, 6) is 1.04. The van der Waals surface area contributed by atoms with Crippen molar-refractivity contribution in [3.8, 4) is 23.3 Å². The molecule has 1 N–H and O–H groups in total. The lowest BCUT2D eigenvalue weighted by molar-refractivity contribution is -0.112. The number of halogens is 1. The van der Waals surface area contributed by atoms with Gasteiger partial charge in [0.1, 0.15) is 35.6 Å². The molecule has 0 unspecified atom stereocenters. The molecule has 0 fully saturated rings. The first-order valence-corrected chi connectivity index (χ1v) is 11.6. The van der Waals surface area contributed by atoms with E-state index in [-0.39, 0.29) is 23.1 Å². The van der Waals surface area contributed by atoms with Crippen LogP contribution in [0, 0.1) is 11.3 Å². The molecule has 10 heteroatoms. The summed E-state index contributed by atoms with van der Waals surface area (Å²) in [5, 5.41) is 21.5. The highest BCUT2D eigenvalue weighted by Crippen LogP contribution is 2.37. The molecule has 0 aliphatic heterocycles. The number of carbonyl (C=O) groups excluding carboxylic acids is 1. The molecule has 3 aromatic rings. The molecule has 2 aromatic carbocycles. The molecule has 1 aromatic heterocycles. The number of carbonyl (C=O) groups is 1. The van der Waals surface area contributed by atoms with E-state index in [0.717, 1.165) is 10.8 Å². The fourth-order valence-corrected chi connectivity index (χ4v) is 3.80. The van der Waals surface area contributed by atoms with Gasteiger partial charge < -0.3 is 14.2 Å². The van der Waals surface area contributed by atoms with Crippen LogP contribution in [0.3, 0.4) is 0 Å². The first-order chi connectivity index (χ1) is 16.4. The lowest BCUT2D eigenvalue weighted by Crippen LogP contribution is -2.13. The van der Waals surface area contributed by atoms with Crippen LogP contribution in [0.1, 0.15) is 30.3 Å². The number of hydrogen-bond donors (Lipinski definition) is 1. The van der Waals surface area contributed by atoms with Gasteiger partial charge in [-0.05, 0) is 35.9 Å². The van der Waals surface area contributed by atoms with E-state index in [1.165, 1.54) is 24.5 Å². The van der Waals surface area contributed by atoms with E-state index in [2.05, 4.69) is 15.5 Å². The number of amides is 1. The van der Waals surface area contributed by atoms with Gasteiger partial charge in [0.15, 0.2) is 11.5 Å². The third-order valence-electron chi connectivity index (χ3n) is 4.42. The molecule has 34 heavy (non-hydrogen) atoms. The van der Waals surface area contributed by atoms with Crippen LogP contribution >= 0.6 is 22.9 Å². The minimum Gasteiger partial charge on any atom is -0.493 e. The number of nitrogens with one attached hydrogen (secondary N) is 1. The van der Waals surface area contributed by atoms with E-state index in [1.54, 1.807) is 12.1 Å². The number of benzene rings is 2. The standard InChI is InChI=1S/C24H23ClN4O4S/c1-15(2)23-28-29-24(34-23)27-22(30)17(14-26)11-16-12-19(25)21(20(13-16)31-3)33-10-9-32-18-7-5-4-6-8-18/h4-8,11-13,15H,9-10H2,1-3H3,(H,27,29,30)/b17-11-. The predicted octanol–water partition coefficient (Wildman–Crippen LogP) is 5.33. The van der Waals surface area contributed by atoms with Crippen molar-refractivity contribution in [2.45, 2.75) is 19.8 Å². The Labute approximate surface area is 206 Å². The number of methoxy groups -OCH3 is 1. The Morgan fingerprint density at radius 2 is 1.94 bits per heavy atom. The molecule has 0 aliphatic rings. The zero-order chi connectivity index (χ0) is 24.5. The van der Waals surface area contributed by atoms with Crippen molar-refractivity contribution in [2.75, 3.05) is 25.6 Å². The van der Waals surface area contributed by atoms with Crippen molar-refractivity contribution in [1.82, 2.24) is 10.2 Å². The molecule has 1 amide bonds. The van der Waals surface area contributed by atoms with Crippen molar-refractivity contribution in [3.05, 3.63) is 63.6 Å². The maximum absolute atomic E-state index is 12.6. The van der Waals surface area contributed by atoms with Gasteiger partial charge in [0.05, 0.1) is 12.1 Å². The summed E-state index contributed by atoms with van der Waals surface area (Å²) in [7, 11) is 1.48. The minimum absolute atomic E-state index is 0.121. The molecule has 3 rings (SSSR count). The Balaban J connectivity index is 1.69. The second kappa shape index (κ2) is 12.0. The Hall–Kier alpha value is -3.61. The van der Waals surface area contributed by atoms with E-state index < -0.39 is 5.91 Å². The minimum atomic E-state index is -0.595.